The molecule has 18 nitrogen and oxygen atoms in total. The van der Waals surface area contributed by atoms with Gasteiger partial charge in [0.1, 0.15) is 10.8 Å². The summed E-state index contributed by atoms with van der Waals surface area (Å²) in [5.41, 5.74) is 3.97. The van der Waals surface area contributed by atoms with Gasteiger partial charge in [-0.25, -0.2) is 56.3 Å². The lowest BCUT2D eigenvalue weighted by atomic mass is 10.0. The lowest BCUT2D eigenvalue weighted by Gasteiger charge is -2.15. The highest BCUT2D eigenvalue weighted by molar-refractivity contribution is 9.44. The number of ketones is 1. The fourth-order valence-corrected chi connectivity index (χ4v) is 21.2. The van der Waals surface area contributed by atoms with Gasteiger partial charge in [-0.05, 0) is 337 Å². The van der Waals surface area contributed by atoms with Crippen molar-refractivity contribution in [3.05, 3.63) is 203 Å². The van der Waals surface area contributed by atoms with Crippen molar-refractivity contribution in [3.8, 4) is 11.4 Å². The number of sulfone groups is 5. The van der Waals surface area contributed by atoms with E-state index in [2.05, 4.69) is 259 Å². The second-order valence-corrected chi connectivity index (χ2v) is 72.3. The minimum atomic E-state index is -3.82. The van der Waals surface area contributed by atoms with Gasteiger partial charge in [-0.2, -0.15) is 0 Å². The maximum absolute atomic E-state index is 12.8. The molecule has 93 heavy (non-hydrogen) atoms. The lowest BCUT2D eigenvalue weighted by molar-refractivity contribution is 0.103. The zero-order chi connectivity index (χ0) is 70.1. The molecule has 0 radical (unpaired) electrons. The molecular weight excluding hydrogens is 2360 g/mol. The van der Waals surface area contributed by atoms with Crippen molar-refractivity contribution in [3.63, 3.8) is 0 Å². The van der Waals surface area contributed by atoms with Crippen LogP contribution in [0.2, 0.25) is 5.02 Å². The second kappa shape index (κ2) is 34.6. The maximum atomic E-state index is 12.8. The quantitative estimate of drug-likeness (QED) is 0.0860. The van der Waals surface area contributed by atoms with Gasteiger partial charge in [0, 0.05) is 29.1 Å². The lowest BCUT2D eigenvalue weighted by Crippen LogP contribution is -2.21. The molecule has 0 aliphatic carbocycles. The van der Waals surface area contributed by atoms with E-state index in [1.54, 1.807) is 78.2 Å². The molecule has 6 aromatic carbocycles. The van der Waals surface area contributed by atoms with Gasteiger partial charge in [-0.1, -0.05) is 108 Å². The highest BCUT2D eigenvalue weighted by Gasteiger charge is 2.43. The molecule has 0 aliphatic rings. The summed E-state index contributed by atoms with van der Waals surface area (Å²) >= 11 is 50.2. The summed E-state index contributed by atoms with van der Waals surface area (Å²) in [7, 11) is -18.4. The first-order valence-corrected chi connectivity index (χ1v) is 45.7. The van der Waals surface area contributed by atoms with Gasteiger partial charge in [-0.15, -0.1) is 10.2 Å². The molecule has 0 amide bonds. The third kappa shape index (κ3) is 22.2. The first-order chi connectivity index (χ1) is 42.7. The Balaban J connectivity index is 0.000000214. The van der Waals surface area contributed by atoms with E-state index in [1.807, 2.05) is 61.5 Å². The Morgan fingerprint density at radius 1 is 0.516 bits per heavy atom. The second-order valence-electron chi connectivity index (χ2n) is 17.5. The number of nitrogens with zero attached hydrogens (tertiary/aromatic N) is 5. The molecule has 0 saturated carbocycles. The number of aryl methyl sites for hydroxylation is 2. The monoisotopic (exact) mass is 2380 g/mol. The molecule has 0 spiro atoms. The molecule has 500 valence electrons. The molecule has 0 fully saturated rings. The van der Waals surface area contributed by atoms with E-state index in [4.69, 9.17) is 15.8 Å². The summed E-state index contributed by atoms with van der Waals surface area (Å²) in [5, 5.41) is 7.69. The van der Waals surface area contributed by atoms with E-state index < -0.39 is 67.6 Å². The van der Waals surface area contributed by atoms with Crippen LogP contribution in [0.25, 0.3) is 16.7 Å². The van der Waals surface area contributed by atoms with Crippen molar-refractivity contribution in [2.75, 3.05) is 0 Å². The number of para-hydroxylation sites is 3. The molecule has 41 heteroatoms. The number of benzene rings is 6. The number of carbonyl (C=O) groups excluding carboxylic acids is 1. The van der Waals surface area contributed by atoms with E-state index in [-0.39, 0.29) is 40.9 Å². The van der Waals surface area contributed by atoms with Crippen molar-refractivity contribution < 1.29 is 55.3 Å². The van der Waals surface area contributed by atoms with Gasteiger partial charge in [0.05, 0.1) is 30.7 Å². The standard InChI is InChI=1S/C14H9Br3N2O2S.C14H9Br3O3S.C13H8Br3ClO4S2.C7H6Br3NO2S.C4H3Br3N2O2S2/c15-14(16,17)22(20,21)13-18-11-8-4-5-9-12(11)19(13)10-6-2-1-3-7-10;15-14(16,17)21(19,20)12-8-6-11(7-9-12)13(18)10-4-2-1-3-5-10;14-13(15,16)23(19,20)12-7-6-9(8-11(12)17)21-22(18)10-4-2-1-3-5-10;1-5-2-3-6(11-4-5)14(12,13)7(8,9)10;1-2-8-9-3(12-2)13(10,11)4(5,6)7/h1-9H;1-9H;1-8H;2-4H,1H3;1H3. The van der Waals surface area contributed by atoms with Gasteiger partial charge in [0.25, 0.3) is 0 Å². The number of carbonyl (C=O) groups is 1. The number of alkyl halides is 15. The van der Waals surface area contributed by atoms with Gasteiger partial charge in [-0.3, -0.25) is 9.36 Å². The average molecular weight is 2400 g/mol. The van der Waals surface area contributed by atoms with Crippen molar-refractivity contribution >= 4 is 339 Å². The summed E-state index contributed by atoms with van der Waals surface area (Å²) in [6.45, 7) is 3.53. The van der Waals surface area contributed by atoms with Crippen LogP contribution < -0.4 is 4.18 Å². The first-order valence-electron chi connectivity index (χ1n) is 24.2. The zero-order valence-corrected chi connectivity index (χ0v) is 76.0. The van der Waals surface area contributed by atoms with Crippen molar-refractivity contribution in [1.29, 1.82) is 0 Å². The smallest absolute Gasteiger partial charge is 0.248 e. The zero-order valence-electron chi connectivity index (χ0n) is 45.7. The Morgan fingerprint density at radius 3 is 1.45 bits per heavy atom. The Kier molecular flexibility index (Phi) is 31.2. The predicted octanol–water partition coefficient (Wildman–Crippen LogP) is 19.5. The third-order valence-electron chi connectivity index (χ3n) is 11.0. The molecule has 3 heterocycles. The highest BCUT2D eigenvalue weighted by Crippen LogP contribution is 2.48. The average Bonchev–Trinajstić information content (AvgIpc) is 1.65. The first kappa shape index (κ1) is 84.0. The van der Waals surface area contributed by atoms with Crippen LogP contribution in [-0.4, -0.2) is 84.2 Å². The fraction of sp³-hybridized carbons (Fsp3) is 0.135. The molecule has 0 aliphatic heterocycles. The van der Waals surface area contributed by atoms with E-state index >= 15 is 0 Å². The van der Waals surface area contributed by atoms with E-state index in [1.165, 1.54) is 54.7 Å². The van der Waals surface area contributed by atoms with Crippen LogP contribution in [0.4, 0.5) is 0 Å². The number of hydrogen-bond acceptors (Lipinski definition) is 18. The predicted molar refractivity (Wildman–Crippen MR) is 419 cm³/mol. The van der Waals surface area contributed by atoms with Gasteiger partial charge in [0.2, 0.25) is 77.1 Å². The summed E-state index contributed by atoms with van der Waals surface area (Å²) in [4.78, 5) is 20.9. The van der Waals surface area contributed by atoms with Crippen LogP contribution >= 0.6 is 262 Å². The molecule has 1 unspecified atom stereocenters. The number of fused-ring (bicyclic) bond motifs is 1. The summed E-state index contributed by atoms with van der Waals surface area (Å²) < 4.78 is 133. The molecule has 9 aromatic rings. The number of hydrogen-bond donors (Lipinski definition) is 0. The van der Waals surface area contributed by atoms with E-state index in [0.717, 1.165) is 28.1 Å². The number of halogens is 16. The minimum absolute atomic E-state index is 0.00808. The van der Waals surface area contributed by atoms with Crippen molar-refractivity contribution in [1.82, 2.24) is 24.7 Å². The highest BCUT2D eigenvalue weighted by atomic mass is 80.0. The SMILES string of the molecule is Cc1ccc(S(=O)(=O)C(Br)(Br)Br)nc1.Cc1nnc(S(=O)(=O)C(Br)(Br)Br)s1.O=C(c1ccccc1)c1ccc(S(=O)(=O)C(Br)(Br)Br)cc1.O=S(=O)(c1nc2ccccc2n1-c1ccccc1)C(Br)(Br)Br.O=S(Oc1ccc(S(=O)(=O)C(Br)(Br)Br)c(Cl)c1)c1ccccc1. The fourth-order valence-electron chi connectivity index (χ4n) is 6.55. The van der Waals surface area contributed by atoms with Gasteiger partial charge >= 0.3 is 0 Å². The molecule has 0 bridgehead atoms. The van der Waals surface area contributed by atoms with Crippen molar-refractivity contribution in [2.45, 2.75) is 50.4 Å². The van der Waals surface area contributed by atoms with Gasteiger partial charge in [0.15, 0.2) is 10.8 Å². The van der Waals surface area contributed by atoms with Crippen molar-refractivity contribution in [2.24, 2.45) is 0 Å². The topological polar surface area (TPSA) is 271 Å². The molecule has 0 saturated heterocycles. The Hall–Kier alpha value is 0.360. The molecule has 3 aromatic heterocycles. The minimum Gasteiger partial charge on any atom is -0.397 e. The Labute approximate surface area is 673 Å². The Bertz CT molecular complexity index is 4720. The summed E-state index contributed by atoms with van der Waals surface area (Å²) in [6, 6.07) is 46.9. The number of imidazole rings is 1. The van der Waals surface area contributed by atoms with Crippen LogP contribution in [0.3, 0.4) is 0 Å². The number of rotatable bonds is 11. The molecular formula is C52H35Br15ClN5O13S7. The van der Waals surface area contributed by atoms with Crippen LogP contribution in [0, 0.1) is 13.8 Å². The summed E-state index contributed by atoms with van der Waals surface area (Å²) in [5.74, 6) is 0.0443. The Morgan fingerprint density at radius 2 is 0.989 bits per heavy atom. The van der Waals surface area contributed by atoms with Crippen LogP contribution in [0.5, 0.6) is 5.75 Å². The third-order valence-corrected chi connectivity index (χ3v) is 40.1. The van der Waals surface area contributed by atoms with Gasteiger partial charge < -0.3 is 4.18 Å². The van der Waals surface area contributed by atoms with E-state index in [0.29, 0.717) is 26.5 Å². The van der Waals surface area contributed by atoms with E-state index in [9.17, 15) is 51.1 Å². The molecule has 9 rings (SSSR count). The molecule has 1 atom stereocenters. The summed E-state index contributed by atoms with van der Waals surface area (Å²) in [6.07, 6.45) is 1.51. The maximum Gasteiger partial charge on any atom is 0.248 e. The number of aromatic nitrogens is 5. The molecule has 0 N–H and O–H groups in total. The van der Waals surface area contributed by atoms with Crippen LogP contribution in [-0.2, 0) is 60.3 Å². The number of pyridine rings is 1. The van der Waals surface area contributed by atoms with Crippen LogP contribution in [0.1, 0.15) is 26.5 Å². The normalized spacial score (nSPS) is 12.9. The largest absolute Gasteiger partial charge is 0.397 e. The van der Waals surface area contributed by atoms with Crippen LogP contribution in [0.15, 0.2) is 205 Å².